The molecule has 0 spiro atoms. The van der Waals surface area contributed by atoms with E-state index in [-0.39, 0.29) is 11.7 Å². The van der Waals surface area contributed by atoms with Gasteiger partial charge in [-0.1, -0.05) is 11.2 Å². The molecule has 2 heterocycles. The van der Waals surface area contributed by atoms with E-state index in [2.05, 4.69) is 25.8 Å². The van der Waals surface area contributed by atoms with Gasteiger partial charge in [-0.2, -0.15) is 0 Å². The Bertz CT molecular complexity index is 552. The van der Waals surface area contributed by atoms with Gasteiger partial charge in [0.25, 0.3) is 5.91 Å². The fraction of sp³-hybridized carbons (Fsp3) is 0.273. The van der Waals surface area contributed by atoms with E-state index in [9.17, 15) is 4.79 Å². The molecule has 0 saturated carbocycles. The van der Waals surface area contributed by atoms with E-state index >= 15 is 0 Å². The fourth-order valence-electron chi connectivity index (χ4n) is 1.35. The van der Waals surface area contributed by atoms with Crippen LogP contribution in [0.2, 0.25) is 0 Å². The smallest absolute Gasteiger partial charge is 0.322 e. The van der Waals surface area contributed by atoms with E-state index in [4.69, 9.17) is 4.42 Å². The highest BCUT2D eigenvalue weighted by molar-refractivity contribution is 6.01. The molecule has 2 aromatic heterocycles. The van der Waals surface area contributed by atoms with Crippen LogP contribution >= 0.6 is 0 Å². The number of hydrogen-bond donors (Lipinski definition) is 2. The summed E-state index contributed by atoms with van der Waals surface area (Å²) < 4.78 is 5.06. The van der Waals surface area contributed by atoms with Crippen molar-refractivity contribution in [3.63, 3.8) is 0 Å². The molecule has 2 rings (SSSR count). The summed E-state index contributed by atoms with van der Waals surface area (Å²) in [5.41, 5.74) is 0.282. The zero-order valence-electron chi connectivity index (χ0n) is 10.1. The lowest BCUT2D eigenvalue weighted by Gasteiger charge is -2.04. The third-order valence-corrected chi connectivity index (χ3v) is 2.09. The summed E-state index contributed by atoms with van der Waals surface area (Å²) in [6.07, 6.45) is 0. The van der Waals surface area contributed by atoms with Crippen LogP contribution < -0.4 is 10.6 Å². The Morgan fingerprint density at radius 3 is 2.89 bits per heavy atom. The maximum atomic E-state index is 11.9. The molecule has 0 saturated heterocycles. The van der Waals surface area contributed by atoms with E-state index in [0.717, 1.165) is 6.54 Å². The highest BCUT2D eigenvalue weighted by Crippen LogP contribution is 2.08. The van der Waals surface area contributed by atoms with Crippen molar-refractivity contribution in [2.75, 3.05) is 17.2 Å². The van der Waals surface area contributed by atoms with E-state index in [0.29, 0.717) is 11.7 Å². The molecule has 0 atom stereocenters. The number of aryl methyl sites for hydroxylation is 1. The van der Waals surface area contributed by atoms with Crippen LogP contribution in [0.5, 0.6) is 0 Å². The number of hydrogen-bond acceptors (Lipinski definition) is 6. The highest BCUT2D eigenvalue weighted by atomic mass is 16.4. The highest BCUT2D eigenvalue weighted by Gasteiger charge is 2.11. The molecule has 0 unspecified atom stereocenters. The Hall–Kier alpha value is -2.44. The van der Waals surface area contributed by atoms with Crippen LogP contribution in [0.4, 0.5) is 11.8 Å². The molecule has 0 aliphatic heterocycles. The second kappa shape index (κ2) is 5.26. The summed E-state index contributed by atoms with van der Waals surface area (Å²) in [6.45, 7) is 4.34. The maximum Gasteiger partial charge on any atom is 0.322 e. The third kappa shape index (κ3) is 2.82. The molecule has 0 fully saturated rings. The van der Waals surface area contributed by atoms with Crippen LogP contribution in [0.25, 0.3) is 0 Å². The zero-order chi connectivity index (χ0) is 13.0. The minimum atomic E-state index is -0.390. The lowest BCUT2D eigenvalue weighted by Crippen LogP contribution is -2.14. The molecule has 7 nitrogen and oxygen atoms in total. The molecular formula is C11H13N5O2. The van der Waals surface area contributed by atoms with Crippen molar-refractivity contribution in [1.29, 1.82) is 0 Å². The van der Waals surface area contributed by atoms with Crippen LogP contribution in [-0.4, -0.2) is 27.6 Å². The quantitative estimate of drug-likeness (QED) is 0.849. The Labute approximate surface area is 104 Å². The van der Waals surface area contributed by atoms with Crippen molar-refractivity contribution in [2.24, 2.45) is 0 Å². The van der Waals surface area contributed by atoms with Crippen molar-refractivity contribution < 1.29 is 9.21 Å². The van der Waals surface area contributed by atoms with Crippen LogP contribution in [0, 0.1) is 6.92 Å². The van der Waals surface area contributed by atoms with Crippen LogP contribution in [0.3, 0.4) is 0 Å². The summed E-state index contributed by atoms with van der Waals surface area (Å²) in [7, 11) is 0. The molecule has 2 aromatic rings. The molecule has 0 aliphatic rings. The number of amides is 1. The first-order valence-corrected chi connectivity index (χ1v) is 5.51. The van der Waals surface area contributed by atoms with Gasteiger partial charge in [-0.05, 0) is 19.1 Å². The van der Waals surface area contributed by atoms with Gasteiger partial charge in [0.15, 0.2) is 0 Å². The predicted octanol–water partition coefficient (Wildman–Crippen LogP) is 1.46. The van der Waals surface area contributed by atoms with Crippen molar-refractivity contribution in [3.05, 3.63) is 29.8 Å². The van der Waals surface area contributed by atoms with Gasteiger partial charge >= 0.3 is 6.01 Å². The fourth-order valence-corrected chi connectivity index (χ4v) is 1.35. The number of nitrogens with zero attached hydrogens (tertiary/aromatic N) is 3. The lowest BCUT2D eigenvalue weighted by atomic mass is 10.3. The first-order chi connectivity index (χ1) is 8.69. The molecule has 18 heavy (non-hydrogen) atoms. The van der Waals surface area contributed by atoms with E-state index in [1.54, 1.807) is 25.1 Å². The normalized spacial score (nSPS) is 10.1. The topological polar surface area (TPSA) is 92.9 Å². The van der Waals surface area contributed by atoms with Gasteiger partial charge in [0, 0.05) is 13.5 Å². The second-order valence-electron chi connectivity index (χ2n) is 3.52. The summed E-state index contributed by atoms with van der Waals surface area (Å²) in [6, 6.07) is 5.21. The summed E-state index contributed by atoms with van der Waals surface area (Å²) >= 11 is 0. The van der Waals surface area contributed by atoms with Crippen molar-refractivity contribution in [2.45, 2.75) is 13.8 Å². The molecule has 0 bridgehead atoms. The van der Waals surface area contributed by atoms with Crippen LogP contribution in [0.15, 0.2) is 22.6 Å². The SMILES string of the molecule is CCNc1cccc(C(=O)Nc2nnc(C)o2)n1. The molecule has 0 radical (unpaired) electrons. The molecular weight excluding hydrogens is 234 g/mol. The monoisotopic (exact) mass is 247 g/mol. The number of nitrogens with one attached hydrogen (secondary N) is 2. The molecule has 94 valence electrons. The zero-order valence-corrected chi connectivity index (χ0v) is 10.1. The Balaban J connectivity index is 2.11. The molecule has 2 N–H and O–H groups in total. The minimum absolute atomic E-state index is 0.0631. The summed E-state index contributed by atoms with van der Waals surface area (Å²) in [5, 5.41) is 12.8. The third-order valence-electron chi connectivity index (χ3n) is 2.09. The van der Waals surface area contributed by atoms with E-state index in [1.807, 2.05) is 6.92 Å². The van der Waals surface area contributed by atoms with Gasteiger partial charge in [0.2, 0.25) is 5.89 Å². The number of carbonyl (C=O) groups is 1. The largest absolute Gasteiger partial charge is 0.408 e. The Morgan fingerprint density at radius 2 is 2.22 bits per heavy atom. The van der Waals surface area contributed by atoms with Crippen LogP contribution in [-0.2, 0) is 0 Å². The van der Waals surface area contributed by atoms with Gasteiger partial charge in [-0.25, -0.2) is 4.98 Å². The van der Waals surface area contributed by atoms with Gasteiger partial charge < -0.3 is 9.73 Å². The number of rotatable bonds is 4. The molecule has 1 amide bonds. The number of carbonyl (C=O) groups excluding carboxylic acids is 1. The van der Waals surface area contributed by atoms with E-state index in [1.165, 1.54) is 0 Å². The predicted molar refractivity (Wildman–Crippen MR) is 65.4 cm³/mol. The van der Waals surface area contributed by atoms with Crippen molar-refractivity contribution in [1.82, 2.24) is 15.2 Å². The van der Waals surface area contributed by atoms with Gasteiger partial charge in [-0.15, -0.1) is 5.10 Å². The number of aromatic nitrogens is 3. The Kier molecular flexibility index (Phi) is 3.52. The molecule has 7 heteroatoms. The molecule has 0 aliphatic carbocycles. The van der Waals surface area contributed by atoms with Gasteiger partial charge in [0.05, 0.1) is 0 Å². The Morgan fingerprint density at radius 1 is 1.39 bits per heavy atom. The minimum Gasteiger partial charge on any atom is -0.408 e. The van der Waals surface area contributed by atoms with Gasteiger partial charge in [0.1, 0.15) is 11.5 Å². The van der Waals surface area contributed by atoms with Crippen molar-refractivity contribution >= 4 is 17.7 Å². The summed E-state index contributed by atoms with van der Waals surface area (Å²) in [4.78, 5) is 16.0. The lowest BCUT2D eigenvalue weighted by molar-refractivity contribution is 0.101. The average Bonchev–Trinajstić information content (AvgIpc) is 2.75. The standard InChI is InChI=1S/C11H13N5O2/c1-3-12-9-6-4-5-8(13-9)10(17)14-11-16-15-7(2)18-11/h4-6H,3H2,1-2H3,(H,12,13)(H,14,16,17). The number of pyridine rings is 1. The van der Waals surface area contributed by atoms with E-state index < -0.39 is 5.91 Å². The number of anilines is 2. The first-order valence-electron chi connectivity index (χ1n) is 5.51. The maximum absolute atomic E-state index is 11.9. The summed E-state index contributed by atoms with van der Waals surface area (Å²) in [5.74, 6) is 0.643. The first kappa shape index (κ1) is 12.0. The second-order valence-corrected chi connectivity index (χ2v) is 3.52. The van der Waals surface area contributed by atoms with Crippen LogP contribution in [0.1, 0.15) is 23.3 Å². The molecule has 0 aromatic carbocycles. The van der Waals surface area contributed by atoms with Crippen molar-refractivity contribution in [3.8, 4) is 0 Å². The average molecular weight is 247 g/mol. The van der Waals surface area contributed by atoms with Gasteiger partial charge in [-0.3, -0.25) is 10.1 Å².